The molecule has 1 aromatic heterocycles. The SMILES string of the molecule is CCCCC1=NC2(CC3C[C@@H]3C2)C(=O)N1Cc1ccc(-c2ccccc2NS(=O)(=O)Nc2ccccn2)c(COCC)c1. The van der Waals surface area contributed by atoms with Crippen LogP contribution >= 0.6 is 0 Å². The van der Waals surface area contributed by atoms with E-state index in [0.717, 1.165) is 60.2 Å². The van der Waals surface area contributed by atoms with Gasteiger partial charge >= 0.3 is 10.2 Å². The highest BCUT2D eigenvalue weighted by molar-refractivity contribution is 7.94. The molecule has 1 spiro atoms. The number of nitrogens with one attached hydrogen (secondary N) is 2. The van der Waals surface area contributed by atoms with Gasteiger partial charge in [0, 0.05) is 24.8 Å². The van der Waals surface area contributed by atoms with E-state index in [2.05, 4.69) is 27.4 Å². The number of amides is 1. The quantitative estimate of drug-likeness (QED) is 0.244. The number of carbonyl (C=O) groups is 1. The van der Waals surface area contributed by atoms with Gasteiger partial charge < -0.3 is 4.74 Å². The minimum atomic E-state index is -3.96. The number of rotatable bonds is 13. The molecule has 2 N–H and O–H groups in total. The number of pyridine rings is 1. The predicted octanol–water partition coefficient (Wildman–Crippen LogP) is 6.15. The number of unbranched alkanes of at least 4 members (excludes halogenated alkanes) is 1. The van der Waals surface area contributed by atoms with Crippen molar-refractivity contribution in [3.05, 3.63) is 78.0 Å². The van der Waals surface area contributed by atoms with Crippen LogP contribution in [0.3, 0.4) is 0 Å². The van der Waals surface area contributed by atoms with Crippen molar-refractivity contribution in [2.24, 2.45) is 16.8 Å². The molecule has 0 radical (unpaired) electrons. The number of benzene rings is 2. The van der Waals surface area contributed by atoms with E-state index in [1.165, 1.54) is 12.6 Å². The number of hydrogen-bond acceptors (Lipinski definition) is 6. The van der Waals surface area contributed by atoms with Crippen LogP contribution in [0.4, 0.5) is 11.5 Å². The van der Waals surface area contributed by atoms with Crippen LogP contribution in [-0.2, 0) is 32.9 Å². The topological polar surface area (TPSA) is 113 Å². The average Bonchev–Trinajstić information content (AvgIpc) is 3.54. The number of aromatic nitrogens is 1. The second-order valence-electron chi connectivity index (χ2n) is 11.8. The zero-order valence-corrected chi connectivity index (χ0v) is 25.6. The fourth-order valence-electron chi connectivity index (χ4n) is 6.50. The van der Waals surface area contributed by atoms with Gasteiger partial charge in [-0.1, -0.05) is 55.8 Å². The predicted molar refractivity (Wildman–Crippen MR) is 169 cm³/mol. The van der Waals surface area contributed by atoms with Gasteiger partial charge in [-0.15, -0.1) is 0 Å². The number of nitrogens with zero attached hydrogens (tertiary/aromatic N) is 3. The molecule has 2 fully saturated rings. The lowest BCUT2D eigenvalue weighted by atomic mass is 9.93. The molecule has 2 aliphatic carbocycles. The molecule has 3 atom stereocenters. The molecule has 2 saturated carbocycles. The van der Waals surface area contributed by atoms with Gasteiger partial charge in [0.05, 0.1) is 18.8 Å². The summed E-state index contributed by atoms with van der Waals surface area (Å²) < 4.78 is 37.0. The third-order valence-electron chi connectivity index (χ3n) is 8.66. The summed E-state index contributed by atoms with van der Waals surface area (Å²) in [6, 6.07) is 18.4. The van der Waals surface area contributed by atoms with Gasteiger partial charge in [-0.3, -0.25) is 24.1 Å². The van der Waals surface area contributed by atoms with Gasteiger partial charge in [0.15, 0.2) is 0 Å². The molecule has 1 aliphatic heterocycles. The van der Waals surface area contributed by atoms with Crippen molar-refractivity contribution < 1.29 is 17.9 Å². The standard InChI is InChI=1S/C33H39N5O4S/c1-3-5-13-31-35-33(19-24-18-25(24)20-33)32(39)38(31)21-23-14-15-27(26(17-23)22-42-4-2)28-10-6-7-11-29(28)36-43(40,41)37-30-12-8-9-16-34-30/h6-12,14-17,24-25,36H,3-5,13,18-22H2,1-2H3,(H,34,37)/t24-,25?,33?/m1/s1. The van der Waals surface area contributed by atoms with Crippen molar-refractivity contribution in [1.29, 1.82) is 0 Å². The molecule has 226 valence electrons. The van der Waals surface area contributed by atoms with Crippen molar-refractivity contribution in [3.63, 3.8) is 0 Å². The van der Waals surface area contributed by atoms with E-state index >= 15 is 0 Å². The Kier molecular flexibility index (Phi) is 8.24. The first-order valence-electron chi connectivity index (χ1n) is 15.2. The van der Waals surface area contributed by atoms with Gasteiger partial charge in [-0.2, -0.15) is 8.42 Å². The van der Waals surface area contributed by atoms with E-state index in [-0.39, 0.29) is 11.7 Å². The zero-order chi connectivity index (χ0) is 30.0. The van der Waals surface area contributed by atoms with Gasteiger partial charge in [0.1, 0.15) is 17.2 Å². The third-order valence-corrected chi connectivity index (χ3v) is 9.62. The lowest BCUT2D eigenvalue weighted by molar-refractivity contribution is -0.131. The summed E-state index contributed by atoms with van der Waals surface area (Å²) >= 11 is 0. The van der Waals surface area contributed by atoms with Crippen LogP contribution in [0.5, 0.6) is 0 Å². The molecule has 3 aliphatic rings. The lowest BCUT2D eigenvalue weighted by Gasteiger charge is -2.24. The Bertz CT molecular complexity index is 1620. The van der Waals surface area contributed by atoms with Gasteiger partial charge in [-0.05, 0) is 79.3 Å². The van der Waals surface area contributed by atoms with Crippen LogP contribution in [0.25, 0.3) is 11.1 Å². The number of carbonyl (C=O) groups excluding carboxylic acids is 1. The minimum absolute atomic E-state index is 0.154. The Morgan fingerprint density at radius 3 is 2.53 bits per heavy atom. The second-order valence-corrected chi connectivity index (χ2v) is 13.2. The summed E-state index contributed by atoms with van der Waals surface area (Å²) in [7, 11) is -3.96. The third kappa shape index (κ3) is 6.31. The van der Waals surface area contributed by atoms with Crippen molar-refractivity contribution in [1.82, 2.24) is 9.88 Å². The Morgan fingerprint density at radius 1 is 1.00 bits per heavy atom. The Hall–Kier alpha value is -3.76. The number of amidine groups is 1. The molecule has 0 bridgehead atoms. The molecule has 9 nitrogen and oxygen atoms in total. The smallest absolute Gasteiger partial charge is 0.322 e. The molecule has 2 heterocycles. The molecule has 2 unspecified atom stereocenters. The molecule has 43 heavy (non-hydrogen) atoms. The van der Waals surface area contributed by atoms with E-state index < -0.39 is 15.7 Å². The highest BCUT2D eigenvalue weighted by atomic mass is 32.2. The molecule has 10 heteroatoms. The summed E-state index contributed by atoms with van der Waals surface area (Å²) in [5, 5.41) is 0. The summed E-state index contributed by atoms with van der Waals surface area (Å²) in [5.41, 5.74) is 3.37. The maximum atomic E-state index is 13.8. The maximum Gasteiger partial charge on any atom is 0.322 e. The summed E-state index contributed by atoms with van der Waals surface area (Å²) in [6.45, 7) is 5.45. The van der Waals surface area contributed by atoms with Crippen molar-refractivity contribution in [2.45, 2.75) is 71.1 Å². The molecule has 0 saturated heterocycles. The van der Waals surface area contributed by atoms with Gasteiger partial charge in [-0.25, -0.2) is 4.98 Å². The summed E-state index contributed by atoms with van der Waals surface area (Å²) in [4.78, 5) is 24.9. The maximum absolute atomic E-state index is 13.8. The number of ether oxygens (including phenoxy) is 1. The van der Waals surface area contributed by atoms with Crippen molar-refractivity contribution >= 4 is 33.5 Å². The molecule has 6 rings (SSSR count). The first-order chi connectivity index (χ1) is 20.8. The number of anilines is 2. The van der Waals surface area contributed by atoms with Crippen LogP contribution in [0.15, 0.2) is 71.9 Å². The molecule has 1 amide bonds. The van der Waals surface area contributed by atoms with Gasteiger partial charge in [0.25, 0.3) is 5.91 Å². The Morgan fingerprint density at radius 2 is 1.79 bits per heavy atom. The zero-order valence-electron chi connectivity index (χ0n) is 24.8. The number of para-hydroxylation sites is 1. The number of hydrogen-bond donors (Lipinski definition) is 2. The Balaban J connectivity index is 1.27. The second kappa shape index (κ2) is 12.1. The monoisotopic (exact) mass is 601 g/mol. The van der Waals surface area contributed by atoms with Crippen LogP contribution in [-0.4, -0.2) is 42.2 Å². The van der Waals surface area contributed by atoms with E-state index in [0.29, 0.717) is 37.3 Å². The fraction of sp³-hybridized carbons (Fsp3) is 0.424. The molecule has 3 aromatic rings. The minimum Gasteiger partial charge on any atom is -0.377 e. The van der Waals surface area contributed by atoms with E-state index in [1.807, 2.05) is 36.1 Å². The van der Waals surface area contributed by atoms with Crippen LogP contribution in [0, 0.1) is 11.8 Å². The first-order valence-corrected chi connectivity index (χ1v) is 16.7. The van der Waals surface area contributed by atoms with E-state index in [4.69, 9.17) is 9.73 Å². The fourth-order valence-corrected chi connectivity index (χ4v) is 7.41. The highest BCUT2D eigenvalue weighted by Crippen LogP contribution is 2.59. The number of fused-ring (bicyclic) bond motifs is 1. The van der Waals surface area contributed by atoms with E-state index in [9.17, 15) is 13.2 Å². The largest absolute Gasteiger partial charge is 0.377 e. The first kappa shape index (κ1) is 29.3. The van der Waals surface area contributed by atoms with Gasteiger partial charge in [0.2, 0.25) is 0 Å². The van der Waals surface area contributed by atoms with Crippen molar-refractivity contribution in [3.8, 4) is 11.1 Å². The summed E-state index contributed by atoms with van der Waals surface area (Å²) in [5.74, 6) is 2.62. The van der Waals surface area contributed by atoms with Crippen LogP contribution in [0.2, 0.25) is 0 Å². The highest BCUT2D eigenvalue weighted by Gasteiger charge is 2.61. The van der Waals surface area contributed by atoms with Crippen molar-refractivity contribution in [2.75, 3.05) is 16.1 Å². The molecular formula is C33H39N5O4S. The Labute approximate surface area is 254 Å². The lowest BCUT2D eigenvalue weighted by Crippen LogP contribution is -2.41. The van der Waals surface area contributed by atoms with E-state index in [1.54, 1.807) is 30.3 Å². The molecule has 2 aromatic carbocycles. The molecular weight excluding hydrogens is 562 g/mol. The normalized spacial score (nSPS) is 22.5. The van der Waals surface area contributed by atoms with Crippen LogP contribution < -0.4 is 9.44 Å². The van der Waals surface area contributed by atoms with Crippen LogP contribution in [0.1, 0.15) is 63.5 Å². The summed E-state index contributed by atoms with van der Waals surface area (Å²) in [6.07, 6.45) is 7.40. The average molecular weight is 602 g/mol. The number of aliphatic imine (C=N–C) groups is 1.